The molecule has 1 aliphatic rings. The number of aromatic amines is 1. The molecular formula is C22H31N9O4. The zero-order chi connectivity index (χ0) is 24.9. The van der Waals surface area contributed by atoms with Gasteiger partial charge in [0.1, 0.15) is 5.69 Å². The summed E-state index contributed by atoms with van der Waals surface area (Å²) >= 11 is 0. The Morgan fingerprint density at radius 2 is 2.17 bits per heavy atom. The third-order valence-corrected chi connectivity index (χ3v) is 5.81. The molecule has 0 radical (unpaired) electrons. The minimum atomic E-state index is -0.824. The van der Waals surface area contributed by atoms with Gasteiger partial charge >= 0.3 is 6.09 Å². The third kappa shape index (κ3) is 5.78. The maximum Gasteiger partial charge on any atom is 0.404 e. The highest BCUT2D eigenvalue weighted by molar-refractivity contribution is 5.76. The van der Waals surface area contributed by atoms with Crippen LogP contribution < -0.4 is 15.8 Å². The van der Waals surface area contributed by atoms with E-state index in [0.29, 0.717) is 49.1 Å². The first-order valence-corrected chi connectivity index (χ1v) is 11.7. The molecule has 4 rings (SSSR count). The Morgan fingerprint density at radius 1 is 1.34 bits per heavy atom. The number of H-pyrrole nitrogens is 1. The van der Waals surface area contributed by atoms with Crippen molar-refractivity contribution < 1.29 is 19.1 Å². The van der Waals surface area contributed by atoms with Gasteiger partial charge in [-0.05, 0) is 32.6 Å². The van der Waals surface area contributed by atoms with Gasteiger partial charge in [-0.25, -0.2) is 9.78 Å². The SMILES string of the molecule is CC(C)Oc1c(-c2cn[nH]c2)ncc2nc(N[C@H]3CCN(C(=O)CCCOC(N)=O)C[C@H]3C)nn12. The lowest BCUT2D eigenvalue weighted by Gasteiger charge is -2.37. The largest absolute Gasteiger partial charge is 0.473 e. The van der Waals surface area contributed by atoms with Gasteiger partial charge in [0.2, 0.25) is 17.7 Å². The molecule has 4 N–H and O–H groups in total. The first-order chi connectivity index (χ1) is 16.8. The average Bonchev–Trinajstić information content (AvgIpc) is 3.48. The fourth-order valence-corrected chi connectivity index (χ4v) is 4.11. The van der Waals surface area contributed by atoms with Gasteiger partial charge in [-0.1, -0.05) is 6.92 Å². The van der Waals surface area contributed by atoms with Gasteiger partial charge in [-0.15, -0.1) is 5.10 Å². The second-order valence-electron chi connectivity index (χ2n) is 8.90. The molecule has 0 aliphatic carbocycles. The number of rotatable bonds is 9. The summed E-state index contributed by atoms with van der Waals surface area (Å²) in [6.07, 6.45) is 5.70. The number of likely N-dealkylation sites (tertiary alicyclic amines) is 1. The van der Waals surface area contributed by atoms with Crippen LogP contribution in [0.25, 0.3) is 16.9 Å². The van der Waals surface area contributed by atoms with E-state index in [4.69, 9.17) is 15.2 Å². The van der Waals surface area contributed by atoms with Crippen molar-refractivity contribution in [2.45, 2.75) is 52.2 Å². The number of carbonyl (C=O) groups is 2. The fourth-order valence-electron chi connectivity index (χ4n) is 4.11. The summed E-state index contributed by atoms with van der Waals surface area (Å²) in [7, 11) is 0. The summed E-state index contributed by atoms with van der Waals surface area (Å²) in [5.74, 6) is 1.20. The summed E-state index contributed by atoms with van der Waals surface area (Å²) in [4.78, 5) is 34.1. The van der Waals surface area contributed by atoms with Crippen molar-refractivity contribution in [3.05, 3.63) is 18.6 Å². The van der Waals surface area contributed by atoms with Crippen molar-refractivity contribution in [3.63, 3.8) is 0 Å². The first-order valence-electron chi connectivity index (χ1n) is 11.7. The number of hydrogen-bond acceptors (Lipinski definition) is 9. The number of amides is 2. The predicted molar refractivity (Wildman–Crippen MR) is 127 cm³/mol. The quantitative estimate of drug-likeness (QED) is 0.383. The standard InChI is InChI=1S/C22H31N9O4/c1-13(2)35-20-19(15-9-25-26-10-15)24-11-17-28-22(29-31(17)20)27-16-6-7-30(12-14(16)3)18(32)5-4-8-34-21(23)33/h9-11,13-14,16H,4-8,12H2,1-3H3,(H2,23,33)(H,25,26)(H,27,29)/t14-,16+/m1/s1. The molecule has 3 aromatic heterocycles. The van der Waals surface area contributed by atoms with Crippen LogP contribution in [0.15, 0.2) is 18.6 Å². The van der Waals surface area contributed by atoms with Crippen LogP contribution in [0, 0.1) is 5.92 Å². The molecule has 0 bridgehead atoms. The van der Waals surface area contributed by atoms with Crippen LogP contribution in [0.5, 0.6) is 5.88 Å². The molecular weight excluding hydrogens is 454 g/mol. The van der Waals surface area contributed by atoms with Crippen LogP contribution in [0.2, 0.25) is 0 Å². The molecule has 0 aromatic carbocycles. The molecule has 1 fully saturated rings. The van der Waals surface area contributed by atoms with E-state index < -0.39 is 6.09 Å². The highest BCUT2D eigenvalue weighted by Gasteiger charge is 2.29. The Morgan fingerprint density at radius 3 is 2.86 bits per heavy atom. The Kier molecular flexibility index (Phi) is 7.32. The Bertz CT molecular complexity index is 1160. The zero-order valence-electron chi connectivity index (χ0n) is 20.1. The molecule has 35 heavy (non-hydrogen) atoms. The van der Waals surface area contributed by atoms with Crippen LogP contribution in [0.4, 0.5) is 10.7 Å². The minimum Gasteiger partial charge on any atom is -0.473 e. The number of nitrogens with zero attached hydrogens (tertiary/aromatic N) is 6. The Hall–Kier alpha value is -3.90. The summed E-state index contributed by atoms with van der Waals surface area (Å²) in [5.41, 5.74) is 6.92. The van der Waals surface area contributed by atoms with Gasteiger partial charge in [-0.2, -0.15) is 14.6 Å². The van der Waals surface area contributed by atoms with E-state index in [1.165, 1.54) is 0 Å². The van der Waals surface area contributed by atoms with Crippen LogP contribution in [0.3, 0.4) is 0 Å². The molecule has 0 unspecified atom stereocenters. The van der Waals surface area contributed by atoms with Gasteiger partial charge < -0.3 is 25.4 Å². The maximum absolute atomic E-state index is 12.5. The number of aromatic nitrogens is 6. The van der Waals surface area contributed by atoms with Crippen molar-refractivity contribution in [1.29, 1.82) is 0 Å². The first kappa shape index (κ1) is 24.2. The van der Waals surface area contributed by atoms with Gasteiger partial charge in [0.25, 0.3) is 0 Å². The van der Waals surface area contributed by atoms with Gasteiger partial charge in [-0.3, -0.25) is 9.89 Å². The molecule has 2 amide bonds. The number of piperidine rings is 1. The van der Waals surface area contributed by atoms with Crippen LogP contribution in [-0.2, 0) is 9.53 Å². The van der Waals surface area contributed by atoms with E-state index >= 15 is 0 Å². The van der Waals surface area contributed by atoms with Crippen molar-refractivity contribution in [2.24, 2.45) is 11.7 Å². The monoisotopic (exact) mass is 485 g/mol. The van der Waals surface area contributed by atoms with E-state index in [1.807, 2.05) is 18.7 Å². The lowest BCUT2D eigenvalue weighted by molar-refractivity contribution is -0.133. The lowest BCUT2D eigenvalue weighted by Crippen LogP contribution is -2.47. The number of carbonyl (C=O) groups excluding carboxylic acids is 2. The molecule has 13 heteroatoms. The van der Waals surface area contributed by atoms with E-state index in [-0.39, 0.29) is 30.6 Å². The van der Waals surface area contributed by atoms with Gasteiger partial charge in [0, 0.05) is 37.3 Å². The number of hydrogen-bond donors (Lipinski definition) is 3. The molecule has 13 nitrogen and oxygen atoms in total. The van der Waals surface area contributed by atoms with Crippen LogP contribution >= 0.6 is 0 Å². The number of anilines is 1. The van der Waals surface area contributed by atoms with Gasteiger partial charge in [0.05, 0.1) is 25.1 Å². The smallest absolute Gasteiger partial charge is 0.404 e. The Labute approximate surface area is 202 Å². The van der Waals surface area contributed by atoms with Crippen LogP contribution in [-0.4, -0.2) is 78.5 Å². The lowest BCUT2D eigenvalue weighted by atomic mass is 9.93. The highest BCUT2D eigenvalue weighted by atomic mass is 16.5. The van der Waals surface area contributed by atoms with Crippen molar-refractivity contribution in [2.75, 3.05) is 25.0 Å². The zero-order valence-corrected chi connectivity index (χ0v) is 20.1. The molecule has 1 aliphatic heterocycles. The molecule has 188 valence electrons. The maximum atomic E-state index is 12.5. The van der Waals surface area contributed by atoms with E-state index in [0.717, 1.165) is 12.0 Å². The number of primary amides is 1. The molecule has 3 aromatic rings. The topological polar surface area (TPSA) is 166 Å². The normalized spacial score (nSPS) is 18.1. The van der Waals surface area contributed by atoms with Crippen molar-refractivity contribution >= 4 is 23.6 Å². The second kappa shape index (κ2) is 10.6. The van der Waals surface area contributed by atoms with Gasteiger partial charge in [0.15, 0.2) is 5.65 Å². The summed E-state index contributed by atoms with van der Waals surface area (Å²) < 4.78 is 12.4. The van der Waals surface area contributed by atoms with Crippen molar-refractivity contribution in [1.82, 2.24) is 34.7 Å². The Balaban J connectivity index is 1.43. The number of nitrogens with one attached hydrogen (secondary N) is 2. The van der Waals surface area contributed by atoms with E-state index in [1.54, 1.807) is 23.1 Å². The third-order valence-electron chi connectivity index (χ3n) is 5.81. The highest BCUT2D eigenvalue weighted by Crippen LogP contribution is 2.29. The van der Waals surface area contributed by atoms with E-state index in [2.05, 4.69) is 37.5 Å². The minimum absolute atomic E-state index is 0.0440. The van der Waals surface area contributed by atoms with Crippen LogP contribution in [0.1, 0.15) is 40.0 Å². The second-order valence-corrected chi connectivity index (χ2v) is 8.90. The summed E-state index contributed by atoms with van der Waals surface area (Å²) in [5, 5.41) is 14.9. The fraction of sp³-hybridized carbons (Fsp3) is 0.545. The number of ether oxygens (including phenoxy) is 2. The average molecular weight is 486 g/mol. The van der Waals surface area contributed by atoms with Crippen molar-refractivity contribution in [3.8, 4) is 17.1 Å². The number of nitrogens with two attached hydrogens (primary N) is 1. The molecule has 1 saturated heterocycles. The summed E-state index contributed by atoms with van der Waals surface area (Å²) in [6, 6.07) is 0.102. The molecule has 0 spiro atoms. The molecule has 2 atom stereocenters. The predicted octanol–water partition coefficient (Wildman–Crippen LogP) is 1.83. The molecule has 0 saturated carbocycles. The summed E-state index contributed by atoms with van der Waals surface area (Å²) in [6.45, 7) is 7.36. The molecule has 4 heterocycles. The van der Waals surface area contributed by atoms with E-state index in [9.17, 15) is 9.59 Å². The number of fused-ring (bicyclic) bond motifs is 1.